The summed E-state index contributed by atoms with van der Waals surface area (Å²) in [5.74, 6) is 0.766. The summed E-state index contributed by atoms with van der Waals surface area (Å²) in [6.45, 7) is 0.947. The average Bonchev–Trinajstić information content (AvgIpc) is 2.49. The highest BCUT2D eigenvalue weighted by Crippen LogP contribution is 2.22. The molecule has 0 saturated heterocycles. The summed E-state index contributed by atoms with van der Waals surface area (Å²) >= 11 is 8.50. The van der Waals surface area contributed by atoms with E-state index in [4.69, 9.17) is 27.4 Å². The molecule has 5 heteroatoms. The van der Waals surface area contributed by atoms with Crippen molar-refractivity contribution in [1.29, 1.82) is 0 Å². The minimum absolute atomic E-state index is 0.365. The normalized spacial score (nSPS) is 10.4. The Hall–Kier alpha value is -1.43. The summed E-state index contributed by atoms with van der Waals surface area (Å²) in [6.07, 6.45) is 0. The highest BCUT2D eigenvalue weighted by molar-refractivity contribution is 9.10. The Bertz CT molecular complexity index is 646. The first-order valence-corrected chi connectivity index (χ1v) is 7.60. The van der Waals surface area contributed by atoms with Gasteiger partial charge in [-0.25, -0.2) is 0 Å². The molecule has 110 valence electrons. The molecule has 0 heterocycles. The molecule has 0 amide bonds. The Morgan fingerprint density at radius 2 is 1.86 bits per heavy atom. The van der Waals surface area contributed by atoms with E-state index in [2.05, 4.69) is 15.9 Å². The van der Waals surface area contributed by atoms with Gasteiger partial charge in [0.2, 0.25) is 0 Å². The maximum atomic E-state index is 5.77. The topological polar surface area (TPSA) is 44.5 Å². The second-order valence-electron chi connectivity index (χ2n) is 4.48. The van der Waals surface area contributed by atoms with Crippen LogP contribution in [0.2, 0.25) is 0 Å². The number of benzene rings is 2. The standard InChI is InChI=1S/C16H16BrNO2S/c1-19-15-7-6-11(16(18)21)8-13(15)10-20-9-12-4-2-3-5-14(12)17/h2-8H,9-10H2,1H3,(H2,18,21). The van der Waals surface area contributed by atoms with Crippen molar-refractivity contribution in [3.8, 4) is 5.75 Å². The third-order valence-corrected chi connectivity index (χ3v) is 4.05. The van der Waals surface area contributed by atoms with Crippen molar-refractivity contribution in [1.82, 2.24) is 0 Å². The molecule has 2 rings (SSSR count). The van der Waals surface area contributed by atoms with E-state index < -0.39 is 0 Å². The lowest BCUT2D eigenvalue weighted by molar-refractivity contribution is 0.105. The lowest BCUT2D eigenvalue weighted by Crippen LogP contribution is -2.10. The molecule has 0 radical (unpaired) electrons. The molecule has 0 spiro atoms. The number of methoxy groups -OCH3 is 1. The molecule has 0 saturated carbocycles. The summed E-state index contributed by atoms with van der Waals surface area (Å²) in [6, 6.07) is 13.6. The molecule has 2 aromatic carbocycles. The van der Waals surface area contributed by atoms with Gasteiger partial charge in [0.05, 0.1) is 20.3 Å². The molecule has 0 aliphatic heterocycles. The van der Waals surface area contributed by atoms with Gasteiger partial charge in [0.1, 0.15) is 10.7 Å². The van der Waals surface area contributed by atoms with Crippen LogP contribution in [0.5, 0.6) is 5.75 Å². The minimum Gasteiger partial charge on any atom is -0.496 e. The molecule has 0 fully saturated rings. The zero-order valence-electron chi connectivity index (χ0n) is 11.6. The SMILES string of the molecule is COc1ccc(C(N)=S)cc1COCc1ccccc1Br. The lowest BCUT2D eigenvalue weighted by Gasteiger charge is -2.11. The predicted octanol–water partition coefficient (Wildman–Crippen LogP) is 3.81. The Labute approximate surface area is 138 Å². The first kappa shape index (κ1) is 15.9. The summed E-state index contributed by atoms with van der Waals surface area (Å²) in [5.41, 5.74) is 8.49. The van der Waals surface area contributed by atoms with Crippen LogP contribution in [-0.2, 0) is 18.0 Å². The molecule has 2 N–H and O–H groups in total. The highest BCUT2D eigenvalue weighted by Gasteiger charge is 2.07. The number of hydrogen-bond acceptors (Lipinski definition) is 3. The minimum atomic E-state index is 0.365. The Kier molecular flexibility index (Phi) is 5.73. The molecule has 0 aromatic heterocycles. The van der Waals surface area contributed by atoms with Gasteiger partial charge in [-0.1, -0.05) is 46.3 Å². The van der Waals surface area contributed by atoms with Gasteiger partial charge in [-0.15, -0.1) is 0 Å². The van der Waals surface area contributed by atoms with Crippen molar-refractivity contribution < 1.29 is 9.47 Å². The molecule has 0 atom stereocenters. The van der Waals surface area contributed by atoms with Crippen molar-refractivity contribution in [3.63, 3.8) is 0 Å². The van der Waals surface area contributed by atoms with Gasteiger partial charge in [0.15, 0.2) is 0 Å². The van der Waals surface area contributed by atoms with E-state index in [0.717, 1.165) is 26.9 Å². The zero-order chi connectivity index (χ0) is 15.2. The fourth-order valence-corrected chi connectivity index (χ4v) is 2.46. The van der Waals surface area contributed by atoms with E-state index in [1.54, 1.807) is 7.11 Å². The van der Waals surface area contributed by atoms with Gasteiger partial charge in [-0.2, -0.15) is 0 Å². The molecule has 21 heavy (non-hydrogen) atoms. The van der Waals surface area contributed by atoms with E-state index in [0.29, 0.717) is 18.2 Å². The first-order valence-electron chi connectivity index (χ1n) is 6.39. The average molecular weight is 366 g/mol. The quantitative estimate of drug-likeness (QED) is 0.790. The largest absolute Gasteiger partial charge is 0.496 e. The molecule has 2 aromatic rings. The van der Waals surface area contributed by atoms with Gasteiger partial charge in [-0.3, -0.25) is 0 Å². The van der Waals surface area contributed by atoms with Crippen molar-refractivity contribution in [2.45, 2.75) is 13.2 Å². The van der Waals surface area contributed by atoms with Crippen molar-refractivity contribution in [2.75, 3.05) is 7.11 Å². The fourth-order valence-electron chi connectivity index (χ4n) is 1.93. The van der Waals surface area contributed by atoms with Crippen LogP contribution in [0.15, 0.2) is 46.9 Å². The summed E-state index contributed by atoms with van der Waals surface area (Å²) < 4.78 is 12.1. The molecular weight excluding hydrogens is 350 g/mol. The molecule has 0 aliphatic carbocycles. The van der Waals surface area contributed by atoms with E-state index in [1.807, 2.05) is 42.5 Å². The van der Waals surface area contributed by atoms with E-state index in [1.165, 1.54) is 0 Å². The number of nitrogens with two attached hydrogens (primary N) is 1. The third-order valence-electron chi connectivity index (χ3n) is 3.04. The number of thiocarbonyl (C=S) groups is 1. The second-order valence-corrected chi connectivity index (χ2v) is 5.77. The Balaban J connectivity index is 2.07. The van der Waals surface area contributed by atoms with Gasteiger partial charge in [-0.05, 0) is 29.8 Å². The van der Waals surface area contributed by atoms with Gasteiger partial charge >= 0.3 is 0 Å². The van der Waals surface area contributed by atoms with Crippen LogP contribution < -0.4 is 10.5 Å². The monoisotopic (exact) mass is 365 g/mol. The van der Waals surface area contributed by atoms with Crippen molar-refractivity contribution in [2.24, 2.45) is 5.73 Å². The van der Waals surface area contributed by atoms with E-state index in [9.17, 15) is 0 Å². The van der Waals surface area contributed by atoms with Crippen LogP contribution in [0.25, 0.3) is 0 Å². The van der Waals surface area contributed by atoms with Crippen LogP contribution >= 0.6 is 28.1 Å². The van der Waals surface area contributed by atoms with Crippen LogP contribution in [0, 0.1) is 0 Å². The summed E-state index contributed by atoms with van der Waals surface area (Å²) in [4.78, 5) is 0.365. The maximum Gasteiger partial charge on any atom is 0.124 e. The number of hydrogen-bond donors (Lipinski definition) is 1. The maximum absolute atomic E-state index is 5.77. The van der Waals surface area contributed by atoms with Crippen molar-refractivity contribution >= 4 is 33.1 Å². The van der Waals surface area contributed by atoms with Crippen LogP contribution in [0.3, 0.4) is 0 Å². The molecule has 0 aliphatic rings. The Morgan fingerprint density at radius 1 is 1.14 bits per heavy atom. The van der Waals surface area contributed by atoms with E-state index in [-0.39, 0.29) is 0 Å². The summed E-state index contributed by atoms with van der Waals surface area (Å²) in [5, 5.41) is 0. The fraction of sp³-hybridized carbons (Fsp3) is 0.188. The number of halogens is 1. The van der Waals surface area contributed by atoms with Gasteiger partial charge in [0.25, 0.3) is 0 Å². The molecular formula is C16H16BrNO2S. The van der Waals surface area contributed by atoms with Crippen LogP contribution in [-0.4, -0.2) is 12.1 Å². The number of rotatable bonds is 6. The molecule has 0 bridgehead atoms. The van der Waals surface area contributed by atoms with Crippen molar-refractivity contribution in [3.05, 3.63) is 63.6 Å². The Morgan fingerprint density at radius 3 is 2.52 bits per heavy atom. The predicted molar refractivity (Wildman–Crippen MR) is 91.5 cm³/mol. The highest BCUT2D eigenvalue weighted by atomic mass is 79.9. The van der Waals surface area contributed by atoms with E-state index >= 15 is 0 Å². The van der Waals surface area contributed by atoms with Gasteiger partial charge in [0, 0.05) is 15.6 Å². The zero-order valence-corrected chi connectivity index (χ0v) is 14.0. The van der Waals surface area contributed by atoms with Crippen LogP contribution in [0.4, 0.5) is 0 Å². The number of ether oxygens (including phenoxy) is 2. The third kappa shape index (κ3) is 4.27. The molecule has 3 nitrogen and oxygen atoms in total. The van der Waals surface area contributed by atoms with Gasteiger partial charge < -0.3 is 15.2 Å². The molecule has 0 unspecified atom stereocenters. The van der Waals surface area contributed by atoms with Crippen LogP contribution in [0.1, 0.15) is 16.7 Å². The smallest absolute Gasteiger partial charge is 0.124 e. The first-order chi connectivity index (χ1) is 10.1. The summed E-state index contributed by atoms with van der Waals surface area (Å²) in [7, 11) is 1.63. The lowest BCUT2D eigenvalue weighted by atomic mass is 10.1. The second kappa shape index (κ2) is 7.54.